The Kier molecular flexibility index (Phi) is 7.66. The van der Waals surface area contributed by atoms with E-state index in [9.17, 15) is 9.90 Å². The zero-order chi connectivity index (χ0) is 29.2. The highest BCUT2D eigenvalue weighted by atomic mass is 19.1. The van der Waals surface area contributed by atoms with Gasteiger partial charge in [-0.2, -0.15) is 0 Å². The molecule has 0 bridgehead atoms. The van der Waals surface area contributed by atoms with Crippen LogP contribution in [0.2, 0.25) is 0 Å². The van der Waals surface area contributed by atoms with Crippen LogP contribution in [-0.4, -0.2) is 40.4 Å². The van der Waals surface area contributed by atoms with Crippen LogP contribution < -0.4 is 9.75 Å². The van der Waals surface area contributed by atoms with Gasteiger partial charge in [-0.1, -0.05) is 54.1 Å². The van der Waals surface area contributed by atoms with Gasteiger partial charge in [0.2, 0.25) is 0 Å². The number of aromatic nitrogens is 2. The van der Waals surface area contributed by atoms with E-state index < -0.39 is 11.8 Å². The number of halogens is 1. The van der Waals surface area contributed by atoms with Gasteiger partial charge in [0.1, 0.15) is 18.2 Å². The zero-order valence-electron chi connectivity index (χ0n) is 23.9. The lowest BCUT2D eigenvalue weighted by Gasteiger charge is -2.31. The zero-order valence-corrected chi connectivity index (χ0v) is 23.9. The second kappa shape index (κ2) is 11.7. The third-order valence-corrected chi connectivity index (χ3v) is 7.95. The molecular weight excluding hydrogens is 529 g/mol. The molecule has 1 aromatic heterocycles. The molecule has 6 nitrogen and oxygen atoms in total. The number of rotatable bonds is 7. The second-order valence-corrected chi connectivity index (χ2v) is 11.1. The van der Waals surface area contributed by atoms with E-state index >= 15 is 4.39 Å². The largest absolute Gasteiger partial charge is 0.489 e. The maximum absolute atomic E-state index is 15.9. The molecule has 0 amide bonds. The van der Waals surface area contributed by atoms with E-state index in [1.807, 2.05) is 29.8 Å². The third-order valence-electron chi connectivity index (χ3n) is 7.95. The number of aromatic carboxylic acids is 1. The first-order valence-corrected chi connectivity index (χ1v) is 14.4. The van der Waals surface area contributed by atoms with Gasteiger partial charge in [0.15, 0.2) is 5.82 Å². The number of carbonyl (C=O) groups is 1. The summed E-state index contributed by atoms with van der Waals surface area (Å²) < 4.78 is 24.1. The Morgan fingerprint density at radius 1 is 1.00 bits per heavy atom. The van der Waals surface area contributed by atoms with Crippen LogP contribution in [0.3, 0.4) is 0 Å². The molecule has 3 aromatic carbocycles. The smallest absolute Gasteiger partial charge is 0.335 e. The highest BCUT2D eigenvalue weighted by molar-refractivity contribution is 5.93. The van der Waals surface area contributed by atoms with E-state index in [0.29, 0.717) is 29.3 Å². The summed E-state index contributed by atoms with van der Waals surface area (Å²) in [5.74, 6) is -0.498. The average Bonchev–Trinajstić information content (AvgIpc) is 3.27. The fourth-order valence-corrected chi connectivity index (χ4v) is 5.80. The van der Waals surface area contributed by atoms with Crippen LogP contribution in [0.15, 0.2) is 90.0 Å². The number of carboxylic acid groups (broad SMARTS) is 1. The Hall–Kier alpha value is -4.65. The topological polar surface area (TPSA) is 67.6 Å². The molecule has 4 aromatic rings. The summed E-state index contributed by atoms with van der Waals surface area (Å²) in [4.78, 5) is 16.4. The van der Waals surface area contributed by atoms with Gasteiger partial charge in [-0.05, 0) is 86.1 Å². The first-order valence-electron chi connectivity index (χ1n) is 14.4. The van der Waals surface area contributed by atoms with Crippen LogP contribution >= 0.6 is 0 Å². The van der Waals surface area contributed by atoms with Gasteiger partial charge in [0, 0.05) is 19.2 Å². The molecule has 0 unspecified atom stereocenters. The Balaban J connectivity index is 1.30. The molecule has 42 heavy (non-hydrogen) atoms. The summed E-state index contributed by atoms with van der Waals surface area (Å²) in [5.41, 5.74) is 7.24. The number of nitrogens with zero attached hydrogens (tertiary/aromatic N) is 3. The van der Waals surface area contributed by atoms with Gasteiger partial charge >= 0.3 is 5.97 Å². The Morgan fingerprint density at radius 3 is 2.55 bits per heavy atom. The van der Waals surface area contributed by atoms with Crippen molar-refractivity contribution in [3.8, 4) is 17.1 Å². The normalized spacial score (nSPS) is 15.6. The van der Waals surface area contributed by atoms with Crippen LogP contribution in [0.5, 0.6) is 5.75 Å². The van der Waals surface area contributed by atoms with E-state index in [1.165, 1.54) is 17.2 Å². The predicted molar refractivity (Wildman–Crippen MR) is 165 cm³/mol. The molecular formula is C35H34FN3O3. The van der Waals surface area contributed by atoms with Crippen molar-refractivity contribution in [1.29, 1.82) is 0 Å². The van der Waals surface area contributed by atoms with E-state index in [-0.39, 0.29) is 5.56 Å². The Labute approximate surface area is 245 Å². The van der Waals surface area contributed by atoms with Gasteiger partial charge in [-0.3, -0.25) is 0 Å². The highest BCUT2D eigenvalue weighted by Crippen LogP contribution is 2.34. The summed E-state index contributed by atoms with van der Waals surface area (Å²) in [7, 11) is 0. The molecule has 6 rings (SSSR count). The highest BCUT2D eigenvalue weighted by Gasteiger charge is 2.23. The molecule has 0 saturated carbocycles. The number of fused-ring (bicyclic) bond motifs is 1. The van der Waals surface area contributed by atoms with Crippen molar-refractivity contribution in [2.45, 2.75) is 39.5 Å². The van der Waals surface area contributed by atoms with Gasteiger partial charge in [-0.25, -0.2) is 18.8 Å². The van der Waals surface area contributed by atoms with Crippen molar-refractivity contribution in [3.63, 3.8) is 0 Å². The lowest BCUT2D eigenvalue weighted by Crippen LogP contribution is -2.39. The summed E-state index contributed by atoms with van der Waals surface area (Å²) in [6.45, 7) is 5.97. The summed E-state index contributed by atoms with van der Waals surface area (Å²) >= 11 is 0. The van der Waals surface area contributed by atoms with Crippen LogP contribution in [-0.2, 0) is 0 Å². The Morgan fingerprint density at radius 2 is 1.79 bits per heavy atom. The first kappa shape index (κ1) is 27.5. The molecule has 2 aliphatic rings. The number of hydrogen-bond donors (Lipinski definition) is 1. The van der Waals surface area contributed by atoms with Gasteiger partial charge in [-0.15, -0.1) is 0 Å². The molecule has 214 valence electrons. The maximum Gasteiger partial charge on any atom is 0.335 e. The molecule has 0 atom stereocenters. The number of ether oxygens (including phenoxy) is 1. The first-order chi connectivity index (χ1) is 20.4. The quantitative estimate of drug-likeness (QED) is 0.249. The van der Waals surface area contributed by atoms with Crippen molar-refractivity contribution in [1.82, 2.24) is 9.66 Å². The maximum atomic E-state index is 15.9. The molecule has 1 fully saturated rings. The summed E-state index contributed by atoms with van der Waals surface area (Å²) in [6.07, 6.45) is 10.4. The third kappa shape index (κ3) is 5.59. The number of imidazole rings is 1. The number of carboxylic acids is 1. The summed E-state index contributed by atoms with van der Waals surface area (Å²) in [6, 6.07) is 18.4. The molecule has 0 spiro atoms. The molecule has 1 N–H and O–H groups in total. The van der Waals surface area contributed by atoms with Crippen LogP contribution in [0.25, 0.3) is 28.0 Å². The number of piperidine rings is 1. The van der Waals surface area contributed by atoms with Crippen LogP contribution in [0, 0.1) is 12.7 Å². The number of allylic oxidation sites excluding steroid dienone is 5. The van der Waals surface area contributed by atoms with Crippen LogP contribution in [0.1, 0.15) is 54.1 Å². The Bertz CT molecular complexity index is 1740. The molecule has 7 heteroatoms. The van der Waals surface area contributed by atoms with E-state index in [1.54, 1.807) is 24.3 Å². The standard InChI is InChI=1S/C35H34FN3O3/c1-23-11-12-27(26-9-5-3-6-10-26)19-25(17-23)22-42-33-21-30(36)29(18-24(33)2)34-37-31-20-28(35(40)41)13-14-32(31)39(34)38-15-7-4-8-16-38/h3,5-6,9-14,17-18,20-21H,4,7-8,15-16,19,22H2,1-2H3,(H,40,41). The van der Waals surface area contributed by atoms with Gasteiger partial charge in [0.25, 0.3) is 0 Å². The molecule has 1 aliphatic heterocycles. The van der Waals surface area contributed by atoms with Crippen molar-refractivity contribution in [2.24, 2.45) is 0 Å². The molecule has 1 saturated heterocycles. The SMILES string of the molecule is CC1=CC=C(c2ccccc2)CC(COc2cc(F)c(-c3nc4cc(C(=O)O)ccc4n3N3CCCCC3)cc2C)=C1. The van der Waals surface area contributed by atoms with E-state index in [4.69, 9.17) is 9.72 Å². The van der Waals surface area contributed by atoms with E-state index in [0.717, 1.165) is 61.0 Å². The van der Waals surface area contributed by atoms with E-state index in [2.05, 4.69) is 42.3 Å². The second-order valence-electron chi connectivity index (χ2n) is 11.1. The van der Waals surface area contributed by atoms with Gasteiger partial charge < -0.3 is 14.9 Å². The molecule has 1 aliphatic carbocycles. The fraction of sp³-hybridized carbons (Fsp3) is 0.257. The lowest BCUT2D eigenvalue weighted by atomic mass is 9.99. The van der Waals surface area contributed by atoms with Crippen molar-refractivity contribution in [3.05, 3.63) is 113 Å². The monoisotopic (exact) mass is 563 g/mol. The summed E-state index contributed by atoms with van der Waals surface area (Å²) in [5, 5.41) is 11.7. The van der Waals surface area contributed by atoms with Crippen molar-refractivity contribution < 1.29 is 19.0 Å². The van der Waals surface area contributed by atoms with Crippen molar-refractivity contribution in [2.75, 3.05) is 24.7 Å². The molecule has 2 heterocycles. The number of aryl methyl sites for hydroxylation is 1. The minimum Gasteiger partial charge on any atom is -0.489 e. The number of hydrogen-bond acceptors (Lipinski definition) is 4. The minimum atomic E-state index is -1.02. The average molecular weight is 564 g/mol. The minimum absolute atomic E-state index is 0.154. The van der Waals surface area contributed by atoms with Gasteiger partial charge in [0.05, 0.1) is 22.2 Å². The van der Waals surface area contributed by atoms with Crippen LogP contribution in [0.4, 0.5) is 4.39 Å². The number of benzene rings is 3. The lowest BCUT2D eigenvalue weighted by molar-refractivity contribution is 0.0697. The molecule has 0 radical (unpaired) electrons. The fourth-order valence-electron chi connectivity index (χ4n) is 5.80. The predicted octanol–water partition coefficient (Wildman–Crippen LogP) is 7.71. The van der Waals surface area contributed by atoms with Crippen molar-refractivity contribution >= 4 is 22.6 Å².